The molecule has 0 saturated heterocycles. The number of aliphatic carboxylic acids is 1. The summed E-state index contributed by atoms with van der Waals surface area (Å²) in [6.45, 7) is 0. The first-order valence-corrected chi connectivity index (χ1v) is 4.14. The maximum absolute atomic E-state index is 11.2. The SMILES string of the molecule is O=C(O)/C=C\C(=O)NNC(=O)c1ccco1. The number of furan rings is 1. The third-order valence-electron chi connectivity index (χ3n) is 1.42. The molecule has 0 spiro atoms. The van der Waals surface area contributed by atoms with Crippen molar-refractivity contribution >= 4 is 17.8 Å². The summed E-state index contributed by atoms with van der Waals surface area (Å²) in [5.41, 5.74) is 4.01. The van der Waals surface area contributed by atoms with Gasteiger partial charge in [-0.3, -0.25) is 20.4 Å². The van der Waals surface area contributed by atoms with Crippen LogP contribution in [0.5, 0.6) is 0 Å². The van der Waals surface area contributed by atoms with Gasteiger partial charge in [0.05, 0.1) is 6.26 Å². The zero-order valence-electron chi connectivity index (χ0n) is 7.97. The van der Waals surface area contributed by atoms with Crippen LogP contribution in [0, 0.1) is 0 Å². The van der Waals surface area contributed by atoms with Crippen LogP contribution in [-0.2, 0) is 9.59 Å². The van der Waals surface area contributed by atoms with Gasteiger partial charge in [0.2, 0.25) is 0 Å². The van der Waals surface area contributed by atoms with Crippen molar-refractivity contribution in [2.75, 3.05) is 0 Å². The first-order valence-electron chi connectivity index (χ1n) is 4.14. The van der Waals surface area contributed by atoms with Crippen molar-refractivity contribution in [3.8, 4) is 0 Å². The summed E-state index contributed by atoms with van der Waals surface area (Å²) >= 11 is 0. The summed E-state index contributed by atoms with van der Waals surface area (Å²) in [4.78, 5) is 32.2. The number of carbonyl (C=O) groups is 3. The van der Waals surface area contributed by atoms with E-state index >= 15 is 0 Å². The lowest BCUT2D eigenvalue weighted by Crippen LogP contribution is -2.40. The molecule has 1 aromatic heterocycles. The molecule has 0 aliphatic heterocycles. The standard InChI is InChI=1S/C9H8N2O5/c12-7(3-4-8(13)14)10-11-9(15)6-2-1-5-16-6/h1-5H,(H,10,12)(H,11,15)(H,13,14)/b4-3-. The highest BCUT2D eigenvalue weighted by Crippen LogP contribution is 1.97. The van der Waals surface area contributed by atoms with E-state index in [2.05, 4.69) is 0 Å². The number of carbonyl (C=O) groups excluding carboxylic acids is 2. The van der Waals surface area contributed by atoms with Crippen LogP contribution in [0.2, 0.25) is 0 Å². The molecule has 0 unspecified atom stereocenters. The lowest BCUT2D eigenvalue weighted by atomic mass is 10.4. The lowest BCUT2D eigenvalue weighted by molar-refractivity contribution is -0.131. The van der Waals surface area contributed by atoms with E-state index in [4.69, 9.17) is 9.52 Å². The number of hydrogen-bond acceptors (Lipinski definition) is 4. The van der Waals surface area contributed by atoms with Gasteiger partial charge >= 0.3 is 11.9 Å². The van der Waals surface area contributed by atoms with Gasteiger partial charge in [0.1, 0.15) is 0 Å². The molecule has 3 N–H and O–H groups in total. The predicted molar refractivity (Wildman–Crippen MR) is 51.1 cm³/mol. The summed E-state index contributed by atoms with van der Waals surface area (Å²) in [5, 5.41) is 8.22. The summed E-state index contributed by atoms with van der Waals surface area (Å²) < 4.78 is 4.75. The molecular formula is C9H8N2O5. The van der Waals surface area contributed by atoms with E-state index in [0.29, 0.717) is 6.08 Å². The normalized spacial score (nSPS) is 10.0. The number of carboxylic acid groups (broad SMARTS) is 1. The van der Waals surface area contributed by atoms with Crippen LogP contribution in [0.3, 0.4) is 0 Å². The second kappa shape index (κ2) is 5.35. The zero-order valence-corrected chi connectivity index (χ0v) is 7.97. The van der Waals surface area contributed by atoms with Crippen molar-refractivity contribution in [3.63, 3.8) is 0 Å². The molecule has 0 fully saturated rings. The van der Waals surface area contributed by atoms with Gasteiger partial charge in [-0.25, -0.2) is 4.79 Å². The van der Waals surface area contributed by atoms with Crippen LogP contribution in [0.4, 0.5) is 0 Å². The molecule has 84 valence electrons. The average molecular weight is 224 g/mol. The molecule has 1 rings (SSSR count). The Bertz CT molecular complexity index is 421. The predicted octanol–water partition coefficient (Wildman–Crippen LogP) is -0.319. The van der Waals surface area contributed by atoms with E-state index < -0.39 is 17.8 Å². The van der Waals surface area contributed by atoms with Crippen LogP contribution in [-0.4, -0.2) is 22.9 Å². The van der Waals surface area contributed by atoms with Crippen molar-refractivity contribution in [1.82, 2.24) is 10.9 Å². The van der Waals surface area contributed by atoms with Gasteiger partial charge in [0, 0.05) is 12.2 Å². The number of rotatable bonds is 3. The van der Waals surface area contributed by atoms with E-state index in [1.807, 2.05) is 10.9 Å². The largest absolute Gasteiger partial charge is 0.478 e. The molecule has 0 saturated carbocycles. The minimum atomic E-state index is -1.26. The quantitative estimate of drug-likeness (QED) is 0.481. The van der Waals surface area contributed by atoms with Crippen LogP contribution >= 0.6 is 0 Å². The lowest BCUT2D eigenvalue weighted by Gasteiger charge is -2.01. The molecule has 0 aromatic carbocycles. The highest BCUT2D eigenvalue weighted by Gasteiger charge is 2.07. The van der Waals surface area contributed by atoms with Crippen LogP contribution in [0.15, 0.2) is 35.0 Å². The average Bonchev–Trinajstić information content (AvgIpc) is 2.76. The molecule has 0 radical (unpaired) electrons. The van der Waals surface area contributed by atoms with Gasteiger partial charge < -0.3 is 9.52 Å². The topological polar surface area (TPSA) is 109 Å². The molecule has 0 aliphatic carbocycles. The Labute approximate surface area is 89.7 Å². The van der Waals surface area contributed by atoms with E-state index in [1.165, 1.54) is 18.4 Å². The molecule has 7 heteroatoms. The van der Waals surface area contributed by atoms with Crippen LogP contribution in [0.1, 0.15) is 10.6 Å². The molecule has 7 nitrogen and oxygen atoms in total. The maximum Gasteiger partial charge on any atom is 0.328 e. The van der Waals surface area contributed by atoms with Crippen molar-refractivity contribution in [3.05, 3.63) is 36.3 Å². The molecule has 16 heavy (non-hydrogen) atoms. The first kappa shape index (κ1) is 11.5. The summed E-state index contributed by atoms with van der Waals surface area (Å²) in [6.07, 6.45) is 2.72. The summed E-state index contributed by atoms with van der Waals surface area (Å²) in [7, 11) is 0. The molecular weight excluding hydrogens is 216 g/mol. The number of hydrazine groups is 1. The fraction of sp³-hybridized carbons (Fsp3) is 0. The molecule has 1 aromatic rings. The van der Waals surface area contributed by atoms with E-state index in [1.54, 1.807) is 0 Å². The van der Waals surface area contributed by atoms with Gasteiger partial charge in [-0.05, 0) is 12.1 Å². The van der Waals surface area contributed by atoms with Crippen molar-refractivity contribution in [2.24, 2.45) is 0 Å². The third-order valence-corrected chi connectivity index (χ3v) is 1.42. The van der Waals surface area contributed by atoms with Gasteiger partial charge in [-0.2, -0.15) is 0 Å². The molecule has 2 amide bonds. The van der Waals surface area contributed by atoms with Crippen LogP contribution in [0.25, 0.3) is 0 Å². The third kappa shape index (κ3) is 3.66. The van der Waals surface area contributed by atoms with Crippen LogP contribution < -0.4 is 10.9 Å². The van der Waals surface area contributed by atoms with Crippen molar-refractivity contribution < 1.29 is 23.9 Å². The number of amides is 2. The highest BCUT2D eigenvalue weighted by atomic mass is 16.4. The van der Waals surface area contributed by atoms with Gasteiger partial charge in [0.25, 0.3) is 5.91 Å². The second-order valence-electron chi connectivity index (χ2n) is 2.59. The Morgan fingerprint density at radius 1 is 1.25 bits per heavy atom. The Morgan fingerprint density at radius 3 is 2.56 bits per heavy atom. The van der Waals surface area contributed by atoms with E-state index in [9.17, 15) is 14.4 Å². The molecule has 0 bridgehead atoms. The Hall–Kier alpha value is -2.57. The first-order chi connectivity index (χ1) is 7.59. The fourth-order valence-electron chi connectivity index (χ4n) is 0.776. The summed E-state index contributed by atoms with van der Waals surface area (Å²) in [5.74, 6) is -2.63. The fourth-order valence-corrected chi connectivity index (χ4v) is 0.776. The molecule has 1 heterocycles. The summed E-state index contributed by atoms with van der Waals surface area (Å²) in [6, 6.07) is 2.93. The Balaban J connectivity index is 2.38. The minimum absolute atomic E-state index is 0.0301. The van der Waals surface area contributed by atoms with E-state index in [-0.39, 0.29) is 5.76 Å². The Kier molecular flexibility index (Phi) is 3.84. The number of nitrogens with one attached hydrogen (secondary N) is 2. The van der Waals surface area contributed by atoms with Gasteiger partial charge in [0.15, 0.2) is 5.76 Å². The van der Waals surface area contributed by atoms with Gasteiger partial charge in [-0.1, -0.05) is 0 Å². The molecule has 0 aliphatic rings. The molecule has 0 atom stereocenters. The number of carboxylic acids is 1. The number of hydrogen-bond donors (Lipinski definition) is 3. The highest BCUT2D eigenvalue weighted by molar-refractivity contribution is 5.97. The second-order valence-corrected chi connectivity index (χ2v) is 2.59. The van der Waals surface area contributed by atoms with Gasteiger partial charge in [-0.15, -0.1) is 0 Å². The van der Waals surface area contributed by atoms with Crippen molar-refractivity contribution in [2.45, 2.75) is 0 Å². The van der Waals surface area contributed by atoms with Crippen molar-refractivity contribution in [1.29, 1.82) is 0 Å². The van der Waals surface area contributed by atoms with E-state index in [0.717, 1.165) is 6.08 Å². The maximum atomic E-state index is 11.2. The zero-order chi connectivity index (χ0) is 12.0. The minimum Gasteiger partial charge on any atom is -0.478 e. The Morgan fingerprint density at radius 2 is 2.00 bits per heavy atom. The smallest absolute Gasteiger partial charge is 0.328 e. The monoisotopic (exact) mass is 224 g/mol.